The Kier molecular flexibility index (Phi) is 4.42. The molecule has 0 heterocycles. The van der Waals surface area contributed by atoms with E-state index in [-0.39, 0.29) is 0 Å². The molecule has 0 aliphatic heterocycles. The topological polar surface area (TPSA) is 30.8 Å². The molecule has 1 aromatic carbocycles. The molecule has 17 heavy (non-hydrogen) atoms. The van der Waals surface area contributed by atoms with Gasteiger partial charge in [-0.3, -0.25) is 0 Å². The van der Waals surface area contributed by atoms with Crippen LogP contribution >= 0.6 is 0 Å². The predicted octanol–water partition coefficient (Wildman–Crippen LogP) is 3.39. The molecule has 1 aliphatic rings. The monoisotopic (exact) mass is 233 g/mol. The number of benzene rings is 1. The van der Waals surface area contributed by atoms with Gasteiger partial charge in [0.25, 0.3) is 0 Å². The molecule has 0 radical (unpaired) electrons. The molecule has 0 saturated heterocycles. The number of oxime groups is 1. The quantitative estimate of drug-likeness (QED) is 0.576. The van der Waals surface area contributed by atoms with E-state index in [0.29, 0.717) is 12.5 Å². The number of ether oxygens (including phenoxy) is 1. The highest BCUT2D eigenvalue weighted by Crippen LogP contribution is 2.22. The van der Waals surface area contributed by atoms with Crippen molar-refractivity contribution in [3.63, 3.8) is 0 Å². The van der Waals surface area contributed by atoms with Crippen molar-refractivity contribution >= 4 is 6.21 Å². The Morgan fingerprint density at radius 2 is 2.18 bits per heavy atom. The van der Waals surface area contributed by atoms with Crippen LogP contribution in [-0.4, -0.2) is 13.3 Å². The normalized spacial score (nSPS) is 16.5. The van der Waals surface area contributed by atoms with Crippen LogP contribution in [0.15, 0.2) is 29.4 Å². The summed E-state index contributed by atoms with van der Waals surface area (Å²) in [6, 6.07) is 7.85. The van der Waals surface area contributed by atoms with Gasteiger partial charge in [-0.05, 0) is 36.5 Å². The molecule has 0 spiro atoms. The molecule has 1 aromatic rings. The average molecular weight is 233 g/mol. The lowest BCUT2D eigenvalue weighted by Gasteiger charge is -2.04. The molecular weight excluding hydrogens is 214 g/mol. The Balaban J connectivity index is 1.76. The summed E-state index contributed by atoms with van der Waals surface area (Å²) in [5.74, 6) is 1.48. The Hall–Kier alpha value is -1.51. The second kappa shape index (κ2) is 6.28. The first-order valence-corrected chi connectivity index (χ1v) is 6.17. The van der Waals surface area contributed by atoms with Gasteiger partial charge in [-0.2, -0.15) is 0 Å². The lowest BCUT2D eigenvalue weighted by molar-refractivity contribution is 0.130. The van der Waals surface area contributed by atoms with Crippen LogP contribution in [0.25, 0.3) is 0 Å². The maximum atomic E-state index is 5.30. The van der Waals surface area contributed by atoms with Gasteiger partial charge in [0.15, 0.2) is 0 Å². The van der Waals surface area contributed by atoms with Gasteiger partial charge in [-0.25, -0.2) is 0 Å². The van der Waals surface area contributed by atoms with Crippen molar-refractivity contribution in [1.82, 2.24) is 0 Å². The van der Waals surface area contributed by atoms with Crippen LogP contribution in [0.3, 0.4) is 0 Å². The van der Waals surface area contributed by atoms with Crippen molar-refractivity contribution in [1.29, 1.82) is 0 Å². The standard InChI is InChI=1S/C14H19NO2/c1-16-14-8-4-7-13(9-14)11-17-15-10-12-5-2-3-6-12/h4,7-10,12H,2-3,5-6,11H2,1H3. The minimum absolute atomic E-state index is 0.500. The van der Waals surface area contributed by atoms with Crippen LogP contribution < -0.4 is 4.74 Å². The highest BCUT2D eigenvalue weighted by atomic mass is 16.6. The number of methoxy groups -OCH3 is 1. The first-order valence-electron chi connectivity index (χ1n) is 6.17. The molecule has 0 aromatic heterocycles. The summed E-state index contributed by atoms with van der Waals surface area (Å²) in [6.07, 6.45) is 7.12. The highest BCUT2D eigenvalue weighted by Gasteiger charge is 2.12. The van der Waals surface area contributed by atoms with E-state index in [1.165, 1.54) is 25.7 Å². The van der Waals surface area contributed by atoms with Crippen LogP contribution in [0, 0.1) is 5.92 Å². The minimum atomic E-state index is 0.500. The largest absolute Gasteiger partial charge is 0.497 e. The van der Waals surface area contributed by atoms with Crippen molar-refractivity contribution in [2.75, 3.05) is 7.11 Å². The number of hydrogen-bond acceptors (Lipinski definition) is 3. The van der Waals surface area contributed by atoms with Gasteiger partial charge < -0.3 is 9.57 Å². The fourth-order valence-electron chi connectivity index (χ4n) is 2.11. The third-order valence-corrected chi connectivity index (χ3v) is 3.11. The second-order valence-corrected chi connectivity index (χ2v) is 4.42. The first kappa shape index (κ1) is 12.0. The molecule has 0 atom stereocenters. The zero-order chi connectivity index (χ0) is 11.9. The molecule has 1 aliphatic carbocycles. The number of nitrogens with zero attached hydrogens (tertiary/aromatic N) is 1. The van der Waals surface area contributed by atoms with Gasteiger partial charge in [-0.1, -0.05) is 30.1 Å². The van der Waals surface area contributed by atoms with E-state index < -0.39 is 0 Å². The molecule has 0 N–H and O–H groups in total. The Morgan fingerprint density at radius 1 is 1.35 bits per heavy atom. The summed E-state index contributed by atoms with van der Waals surface area (Å²) in [4.78, 5) is 5.30. The van der Waals surface area contributed by atoms with Crippen LogP contribution in [0.5, 0.6) is 5.75 Å². The fourth-order valence-corrected chi connectivity index (χ4v) is 2.11. The fraction of sp³-hybridized carbons (Fsp3) is 0.500. The maximum absolute atomic E-state index is 5.30. The summed E-state index contributed by atoms with van der Waals surface area (Å²) in [5.41, 5.74) is 1.08. The van der Waals surface area contributed by atoms with Crippen molar-refractivity contribution < 1.29 is 9.57 Å². The summed E-state index contributed by atoms with van der Waals surface area (Å²) in [7, 11) is 1.66. The van der Waals surface area contributed by atoms with E-state index in [1.807, 2.05) is 30.5 Å². The van der Waals surface area contributed by atoms with Crippen molar-refractivity contribution in [3.8, 4) is 5.75 Å². The highest BCUT2D eigenvalue weighted by molar-refractivity contribution is 5.60. The van der Waals surface area contributed by atoms with E-state index in [4.69, 9.17) is 9.57 Å². The molecule has 3 heteroatoms. The summed E-state index contributed by atoms with van der Waals surface area (Å²) in [6.45, 7) is 0.500. The SMILES string of the molecule is COc1cccc(CON=CC2CCCC2)c1. The molecular formula is C14H19NO2. The Labute approximate surface area is 102 Å². The molecule has 92 valence electrons. The van der Waals surface area contributed by atoms with Crippen molar-refractivity contribution in [3.05, 3.63) is 29.8 Å². The van der Waals surface area contributed by atoms with Crippen molar-refractivity contribution in [2.45, 2.75) is 32.3 Å². The molecule has 2 rings (SSSR count). The van der Waals surface area contributed by atoms with E-state index in [1.54, 1.807) is 7.11 Å². The average Bonchev–Trinajstić information content (AvgIpc) is 2.88. The summed E-state index contributed by atoms with van der Waals surface area (Å²) >= 11 is 0. The smallest absolute Gasteiger partial charge is 0.142 e. The van der Waals surface area contributed by atoms with Gasteiger partial charge in [-0.15, -0.1) is 0 Å². The lowest BCUT2D eigenvalue weighted by Crippen LogP contribution is -1.95. The lowest BCUT2D eigenvalue weighted by atomic mass is 10.1. The third kappa shape index (κ3) is 3.77. The summed E-state index contributed by atoms with van der Waals surface area (Å²) in [5, 5.41) is 4.04. The number of hydrogen-bond donors (Lipinski definition) is 0. The Morgan fingerprint density at radius 3 is 2.94 bits per heavy atom. The summed E-state index contributed by atoms with van der Waals surface area (Å²) < 4.78 is 5.15. The molecule has 3 nitrogen and oxygen atoms in total. The van der Waals surface area contributed by atoms with E-state index in [9.17, 15) is 0 Å². The van der Waals surface area contributed by atoms with E-state index in [2.05, 4.69) is 5.16 Å². The molecule has 1 fully saturated rings. The van der Waals surface area contributed by atoms with Crippen molar-refractivity contribution in [2.24, 2.45) is 11.1 Å². The van der Waals surface area contributed by atoms with E-state index >= 15 is 0 Å². The molecule has 1 saturated carbocycles. The van der Waals surface area contributed by atoms with E-state index in [0.717, 1.165) is 11.3 Å². The Bertz CT molecular complexity index is 370. The van der Waals surface area contributed by atoms with Crippen LogP contribution in [0.1, 0.15) is 31.2 Å². The molecule has 0 bridgehead atoms. The van der Waals surface area contributed by atoms with Crippen LogP contribution in [0.2, 0.25) is 0 Å². The minimum Gasteiger partial charge on any atom is -0.497 e. The van der Waals surface area contributed by atoms with Gasteiger partial charge in [0.05, 0.1) is 7.11 Å². The molecule has 0 amide bonds. The first-order chi connectivity index (χ1) is 8.38. The third-order valence-electron chi connectivity index (χ3n) is 3.11. The zero-order valence-corrected chi connectivity index (χ0v) is 10.3. The van der Waals surface area contributed by atoms with Gasteiger partial charge in [0, 0.05) is 6.21 Å². The number of rotatable bonds is 5. The second-order valence-electron chi connectivity index (χ2n) is 4.42. The van der Waals surface area contributed by atoms with Gasteiger partial charge in [0.1, 0.15) is 12.4 Å². The molecule has 0 unspecified atom stereocenters. The van der Waals surface area contributed by atoms with Gasteiger partial charge >= 0.3 is 0 Å². The van der Waals surface area contributed by atoms with Gasteiger partial charge in [0.2, 0.25) is 0 Å². The maximum Gasteiger partial charge on any atom is 0.142 e. The predicted molar refractivity (Wildman–Crippen MR) is 68.2 cm³/mol. The van der Waals surface area contributed by atoms with Crippen LogP contribution in [0.4, 0.5) is 0 Å². The zero-order valence-electron chi connectivity index (χ0n) is 10.3. The van der Waals surface area contributed by atoms with Crippen LogP contribution in [-0.2, 0) is 11.4 Å².